The number of ether oxygens (including phenoxy) is 5. The van der Waals surface area contributed by atoms with Crippen LogP contribution in [0.4, 0.5) is 0 Å². The number of fused-ring (bicyclic) bond motifs is 5. The monoisotopic (exact) mass is 831 g/mol. The zero-order chi connectivity index (χ0) is 44.1. The second-order valence-corrected chi connectivity index (χ2v) is 17.0. The van der Waals surface area contributed by atoms with Crippen molar-refractivity contribution < 1.29 is 67.8 Å². The summed E-state index contributed by atoms with van der Waals surface area (Å²) in [6.45, 7) is 11.2. The molecule has 0 radical (unpaired) electrons. The average molecular weight is 832 g/mol. The van der Waals surface area contributed by atoms with Crippen LogP contribution in [0.15, 0.2) is 83.5 Å². The number of hydrogen-bond acceptors (Lipinski definition) is 14. The van der Waals surface area contributed by atoms with Gasteiger partial charge in [0.2, 0.25) is 5.91 Å². The van der Waals surface area contributed by atoms with Gasteiger partial charge in [-0.05, 0) is 56.5 Å². The van der Waals surface area contributed by atoms with Crippen molar-refractivity contribution in [1.82, 2.24) is 5.32 Å². The van der Waals surface area contributed by atoms with Crippen molar-refractivity contribution in [3.05, 3.63) is 94.6 Å². The van der Waals surface area contributed by atoms with E-state index in [1.54, 1.807) is 82.3 Å². The summed E-state index contributed by atoms with van der Waals surface area (Å²) in [7, 11) is 0. The van der Waals surface area contributed by atoms with Gasteiger partial charge in [0.25, 0.3) is 0 Å². The lowest BCUT2D eigenvalue weighted by atomic mass is 9.44. The Balaban J connectivity index is 1.56. The number of rotatable bonds is 10. The molecule has 0 spiro atoms. The summed E-state index contributed by atoms with van der Waals surface area (Å²) in [4.78, 5) is 82.9. The molecule has 1 aliphatic heterocycles. The third kappa shape index (κ3) is 7.24. The molecule has 2 bridgehead atoms. The molecule has 15 nitrogen and oxygen atoms in total. The SMILES string of the molecule is C/C=C(\C)C(=O)N[C@H](c1ccccc1)[C@@H](O)C(=O)O[C@@H]1C[C@@]2(O)[C@H](OC(=O)c3ccccc3)[C@@H]3[C@]4(OC(C)=O)CO[C@@H]4C[C@H](O)[C@@]3(C)C(=O)[C@@H](OC(C)=O)C(=C1C)C2(C)C. The van der Waals surface area contributed by atoms with E-state index in [1.807, 2.05) is 0 Å². The predicted molar refractivity (Wildman–Crippen MR) is 211 cm³/mol. The maximum Gasteiger partial charge on any atom is 0.338 e. The van der Waals surface area contributed by atoms with Gasteiger partial charge >= 0.3 is 23.9 Å². The summed E-state index contributed by atoms with van der Waals surface area (Å²) >= 11 is 0. The average Bonchev–Trinajstić information content (AvgIpc) is 3.20. The second-order valence-electron chi connectivity index (χ2n) is 17.0. The Kier molecular flexibility index (Phi) is 12.1. The summed E-state index contributed by atoms with van der Waals surface area (Å²) in [6, 6.07) is 14.8. The van der Waals surface area contributed by atoms with Crippen molar-refractivity contribution in [2.24, 2.45) is 16.7 Å². The van der Waals surface area contributed by atoms with Crippen molar-refractivity contribution in [2.45, 2.75) is 122 Å². The van der Waals surface area contributed by atoms with Crippen molar-refractivity contribution in [2.75, 3.05) is 6.61 Å². The molecule has 2 aromatic carbocycles. The lowest BCUT2D eigenvalue weighted by Crippen LogP contribution is -2.82. The first kappa shape index (κ1) is 44.3. The van der Waals surface area contributed by atoms with Gasteiger partial charge in [0, 0.05) is 37.7 Å². The van der Waals surface area contributed by atoms with Gasteiger partial charge in [0.15, 0.2) is 23.6 Å². The van der Waals surface area contributed by atoms with Crippen LogP contribution in [-0.4, -0.2) is 105 Å². The molecule has 11 atom stereocenters. The first-order chi connectivity index (χ1) is 28.1. The summed E-state index contributed by atoms with van der Waals surface area (Å²) in [5.74, 6) is -6.78. The first-order valence-electron chi connectivity index (χ1n) is 19.9. The molecule has 3 fully saturated rings. The molecule has 60 heavy (non-hydrogen) atoms. The quantitative estimate of drug-likeness (QED) is 0.117. The number of ketones is 1. The highest BCUT2D eigenvalue weighted by molar-refractivity contribution is 5.96. The van der Waals surface area contributed by atoms with Gasteiger partial charge in [-0.3, -0.25) is 19.2 Å². The number of aliphatic hydroxyl groups is 3. The molecule has 3 aliphatic carbocycles. The Bertz CT molecular complexity index is 2110. The Hall–Kier alpha value is -5.22. The number of amides is 1. The van der Waals surface area contributed by atoms with Gasteiger partial charge < -0.3 is 44.3 Å². The van der Waals surface area contributed by atoms with Crippen molar-refractivity contribution in [3.8, 4) is 0 Å². The Labute approximate surface area is 348 Å². The van der Waals surface area contributed by atoms with Crippen LogP contribution in [0, 0.1) is 16.7 Å². The summed E-state index contributed by atoms with van der Waals surface area (Å²) in [5.41, 5.74) is -6.91. The highest BCUT2D eigenvalue weighted by Gasteiger charge is 2.78. The van der Waals surface area contributed by atoms with E-state index in [1.165, 1.54) is 26.0 Å². The maximum atomic E-state index is 15.4. The molecule has 1 amide bonds. The van der Waals surface area contributed by atoms with Crippen molar-refractivity contribution in [1.29, 1.82) is 0 Å². The molecule has 15 heteroatoms. The fraction of sp³-hybridized carbons (Fsp3) is 0.511. The van der Waals surface area contributed by atoms with E-state index < -0.39 is 113 Å². The van der Waals surface area contributed by atoms with E-state index in [-0.39, 0.29) is 29.7 Å². The molecule has 6 rings (SSSR count). The molecule has 2 aromatic rings. The van der Waals surface area contributed by atoms with Gasteiger partial charge in [-0.25, -0.2) is 9.59 Å². The van der Waals surface area contributed by atoms with Crippen LogP contribution < -0.4 is 5.32 Å². The maximum absolute atomic E-state index is 15.4. The number of aliphatic hydroxyl groups excluding tert-OH is 2. The van der Waals surface area contributed by atoms with E-state index in [4.69, 9.17) is 23.7 Å². The molecule has 1 heterocycles. The van der Waals surface area contributed by atoms with Gasteiger partial charge in [-0.2, -0.15) is 0 Å². The zero-order valence-electron chi connectivity index (χ0n) is 34.9. The smallest absolute Gasteiger partial charge is 0.338 e. The molecule has 0 aromatic heterocycles. The Morgan fingerprint density at radius 3 is 2.08 bits per heavy atom. The second kappa shape index (κ2) is 16.3. The Morgan fingerprint density at radius 2 is 1.53 bits per heavy atom. The van der Waals surface area contributed by atoms with Crippen LogP contribution >= 0.6 is 0 Å². The summed E-state index contributed by atoms with van der Waals surface area (Å²) < 4.78 is 30.2. The number of hydrogen-bond donors (Lipinski definition) is 4. The van der Waals surface area contributed by atoms with Gasteiger partial charge in [0.1, 0.15) is 23.9 Å². The largest absolute Gasteiger partial charge is 0.456 e. The van der Waals surface area contributed by atoms with E-state index in [9.17, 15) is 39.3 Å². The van der Waals surface area contributed by atoms with Gasteiger partial charge in [-0.15, -0.1) is 0 Å². The first-order valence-corrected chi connectivity index (χ1v) is 19.9. The summed E-state index contributed by atoms with van der Waals surface area (Å²) in [5, 5.41) is 40.0. The molecular weight excluding hydrogens is 778 g/mol. The zero-order valence-corrected chi connectivity index (χ0v) is 34.9. The molecule has 0 unspecified atom stereocenters. The fourth-order valence-electron chi connectivity index (χ4n) is 9.75. The van der Waals surface area contributed by atoms with E-state index in [0.29, 0.717) is 11.1 Å². The highest BCUT2D eigenvalue weighted by atomic mass is 16.6. The fourth-order valence-corrected chi connectivity index (χ4v) is 9.75. The Morgan fingerprint density at radius 1 is 0.917 bits per heavy atom. The van der Waals surface area contributed by atoms with E-state index in [0.717, 1.165) is 13.8 Å². The van der Waals surface area contributed by atoms with Crippen LogP contribution in [0.2, 0.25) is 0 Å². The molecule has 4 N–H and O–H groups in total. The van der Waals surface area contributed by atoms with Crippen molar-refractivity contribution in [3.63, 3.8) is 0 Å². The van der Waals surface area contributed by atoms with Crippen LogP contribution in [0.5, 0.6) is 0 Å². The number of Topliss-reactive ketones (excluding diaryl/α,β-unsaturated/α-hetero) is 1. The lowest BCUT2D eigenvalue weighted by Gasteiger charge is -2.67. The van der Waals surface area contributed by atoms with Crippen molar-refractivity contribution >= 4 is 35.6 Å². The van der Waals surface area contributed by atoms with Crippen LogP contribution in [0.3, 0.4) is 0 Å². The molecule has 2 saturated carbocycles. The molecule has 1 saturated heterocycles. The topological polar surface area (TPSA) is 221 Å². The number of esters is 4. The molecular formula is C45H53NO14. The minimum absolute atomic E-state index is 0.00140. The highest BCUT2D eigenvalue weighted by Crippen LogP contribution is 2.64. The summed E-state index contributed by atoms with van der Waals surface area (Å²) in [6.07, 6.45) is -8.88. The lowest BCUT2D eigenvalue weighted by molar-refractivity contribution is -0.346. The van der Waals surface area contributed by atoms with Gasteiger partial charge in [-0.1, -0.05) is 68.5 Å². The number of nitrogens with one attached hydrogen (secondary N) is 1. The van der Waals surface area contributed by atoms with Crippen LogP contribution in [-0.2, 0) is 47.7 Å². The van der Waals surface area contributed by atoms with E-state index in [2.05, 4.69) is 5.32 Å². The minimum Gasteiger partial charge on any atom is -0.456 e. The number of carbonyl (C=O) groups excluding carboxylic acids is 6. The van der Waals surface area contributed by atoms with Crippen LogP contribution in [0.1, 0.15) is 90.2 Å². The minimum atomic E-state index is -2.38. The predicted octanol–water partition coefficient (Wildman–Crippen LogP) is 3.39. The number of benzene rings is 2. The normalized spacial score (nSPS) is 32.9. The third-order valence-corrected chi connectivity index (χ3v) is 13.2. The molecule has 322 valence electrons. The third-order valence-electron chi connectivity index (χ3n) is 13.2. The standard InChI is InChI=1S/C45H53NO14/c1-9-23(2)39(52)46-33(27-16-12-10-13-17-27)34(50)41(54)58-29-21-45(55)38(59-40(53)28-18-14-11-15-19-28)36-43(8,30(49)20-31-44(36,22-56-31)60-26(5)48)37(51)35(57-25(4)47)32(24(29)3)42(45,6)7/h9-19,29-31,33-36,38,49-50,55H,20-22H2,1-8H3,(H,46,52)/b23-9+/t29-,30+,31-,33-,34-,35+,36+,38-,43-,44+,45-/m1/s1. The van der Waals surface area contributed by atoms with Crippen LogP contribution in [0.25, 0.3) is 0 Å². The number of carbonyl (C=O) groups is 6. The van der Waals surface area contributed by atoms with E-state index >= 15 is 4.79 Å². The number of allylic oxidation sites excluding steroid dienone is 1. The molecule has 4 aliphatic rings. The van der Waals surface area contributed by atoms with Gasteiger partial charge in [0.05, 0.1) is 35.6 Å².